The molecule has 5 heteroatoms. The summed E-state index contributed by atoms with van der Waals surface area (Å²) in [6.45, 7) is 8.96. The quantitative estimate of drug-likeness (QED) is 0.664. The largest absolute Gasteiger partial charge is 0.487 e. The summed E-state index contributed by atoms with van der Waals surface area (Å²) < 4.78 is 11.4. The first-order valence-corrected chi connectivity index (χ1v) is 8.24. The molecule has 0 radical (unpaired) electrons. The van der Waals surface area contributed by atoms with Gasteiger partial charge in [0.15, 0.2) is 5.96 Å². The number of fused-ring (bicyclic) bond motifs is 1. The van der Waals surface area contributed by atoms with Crippen LogP contribution in [0.3, 0.4) is 0 Å². The van der Waals surface area contributed by atoms with Crippen LogP contribution in [0.25, 0.3) is 0 Å². The van der Waals surface area contributed by atoms with Gasteiger partial charge >= 0.3 is 0 Å². The van der Waals surface area contributed by atoms with Crippen molar-refractivity contribution in [2.45, 2.75) is 38.8 Å². The zero-order valence-electron chi connectivity index (χ0n) is 14.5. The number of hydrogen-bond donors (Lipinski definition) is 2. The molecule has 1 aromatic carbocycles. The van der Waals surface area contributed by atoms with E-state index in [2.05, 4.69) is 48.5 Å². The topological polar surface area (TPSA) is 54.9 Å². The molecule has 0 aliphatic carbocycles. The summed E-state index contributed by atoms with van der Waals surface area (Å²) in [6, 6.07) is 8.41. The van der Waals surface area contributed by atoms with E-state index in [0.717, 1.165) is 37.9 Å². The van der Waals surface area contributed by atoms with Crippen molar-refractivity contribution < 1.29 is 9.47 Å². The Bertz CT molecular complexity index is 594. The first-order chi connectivity index (χ1) is 10.9. The first kappa shape index (κ1) is 16.1. The number of para-hydroxylation sites is 1. The van der Waals surface area contributed by atoms with E-state index in [1.54, 1.807) is 0 Å². The number of benzene rings is 1. The monoisotopic (exact) mass is 317 g/mol. The standard InChI is InChI=1S/C18H27N3O2/c1-17(2)9-14(13-7-5-6-8-15(13)23-17)21-16(19-4)20-10-18(3)11-22-12-18/h5-8,14H,9-12H2,1-4H3,(H2,19,20,21). The minimum atomic E-state index is -0.196. The van der Waals surface area contributed by atoms with Gasteiger partial charge in [0, 0.05) is 31.0 Å². The van der Waals surface area contributed by atoms with Crippen molar-refractivity contribution in [2.75, 3.05) is 26.8 Å². The van der Waals surface area contributed by atoms with Crippen LogP contribution in [0.1, 0.15) is 38.8 Å². The maximum Gasteiger partial charge on any atom is 0.191 e. The Hall–Kier alpha value is -1.75. The average Bonchev–Trinajstić information content (AvgIpc) is 2.48. The van der Waals surface area contributed by atoms with Gasteiger partial charge in [0.2, 0.25) is 0 Å². The van der Waals surface area contributed by atoms with Crippen molar-refractivity contribution in [1.82, 2.24) is 10.6 Å². The summed E-state index contributed by atoms with van der Waals surface area (Å²) in [5, 5.41) is 6.99. The highest BCUT2D eigenvalue weighted by atomic mass is 16.5. The molecule has 0 saturated carbocycles. The Morgan fingerprint density at radius 1 is 1.26 bits per heavy atom. The zero-order chi connectivity index (χ0) is 16.5. The van der Waals surface area contributed by atoms with Crippen LogP contribution in [0, 0.1) is 5.41 Å². The van der Waals surface area contributed by atoms with Crippen LogP contribution in [0.2, 0.25) is 0 Å². The molecular weight excluding hydrogens is 290 g/mol. The molecule has 0 aromatic heterocycles. The number of aliphatic imine (C=N–C) groups is 1. The molecule has 1 aromatic rings. The maximum absolute atomic E-state index is 6.09. The molecule has 1 fully saturated rings. The van der Waals surface area contributed by atoms with Gasteiger partial charge in [-0.2, -0.15) is 0 Å². The van der Waals surface area contributed by atoms with E-state index in [4.69, 9.17) is 9.47 Å². The third-order valence-corrected chi connectivity index (χ3v) is 4.49. The smallest absolute Gasteiger partial charge is 0.191 e. The van der Waals surface area contributed by atoms with Gasteiger partial charge in [0.1, 0.15) is 11.4 Å². The van der Waals surface area contributed by atoms with Crippen LogP contribution in [0.5, 0.6) is 5.75 Å². The highest BCUT2D eigenvalue weighted by Crippen LogP contribution is 2.39. The van der Waals surface area contributed by atoms with Gasteiger partial charge in [0.25, 0.3) is 0 Å². The van der Waals surface area contributed by atoms with E-state index in [-0.39, 0.29) is 17.1 Å². The van der Waals surface area contributed by atoms with Crippen molar-refractivity contribution in [3.8, 4) is 5.75 Å². The molecular formula is C18H27N3O2. The van der Waals surface area contributed by atoms with Gasteiger partial charge in [-0.25, -0.2) is 0 Å². The number of ether oxygens (including phenoxy) is 2. The lowest BCUT2D eigenvalue weighted by molar-refractivity contribution is -0.0971. The fraction of sp³-hybridized carbons (Fsp3) is 0.611. The Morgan fingerprint density at radius 2 is 2.00 bits per heavy atom. The molecule has 2 N–H and O–H groups in total. The molecule has 0 spiro atoms. The summed E-state index contributed by atoms with van der Waals surface area (Å²) in [5.74, 6) is 1.78. The molecule has 5 nitrogen and oxygen atoms in total. The first-order valence-electron chi connectivity index (χ1n) is 8.24. The Balaban J connectivity index is 1.70. The minimum absolute atomic E-state index is 0.187. The van der Waals surface area contributed by atoms with Crippen molar-refractivity contribution >= 4 is 5.96 Å². The number of guanidine groups is 1. The highest BCUT2D eigenvalue weighted by molar-refractivity contribution is 5.80. The summed E-state index contributed by atoms with van der Waals surface area (Å²) >= 11 is 0. The van der Waals surface area contributed by atoms with Crippen molar-refractivity contribution in [2.24, 2.45) is 10.4 Å². The normalized spacial score (nSPS) is 24.9. The molecule has 0 amide bonds. The second kappa shape index (κ2) is 6.04. The molecule has 2 aliphatic heterocycles. The Morgan fingerprint density at radius 3 is 2.65 bits per heavy atom. The third kappa shape index (κ3) is 3.61. The van der Waals surface area contributed by atoms with Gasteiger partial charge < -0.3 is 20.1 Å². The van der Waals surface area contributed by atoms with Gasteiger partial charge in [-0.3, -0.25) is 4.99 Å². The molecule has 2 heterocycles. The van der Waals surface area contributed by atoms with Crippen molar-refractivity contribution in [1.29, 1.82) is 0 Å². The molecule has 1 saturated heterocycles. The van der Waals surface area contributed by atoms with Gasteiger partial charge in [-0.15, -0.1) is 0 Å². The predicted octanol–water partition coefficient (Wildman–Crippen LogP) is 2.49. The Labute approximate surface area is 138 Å². The molecule has 1 atom stereocenters. The predicted molar refractivity (Wildman–Crippen MR) is 91.9 cm³/mol. The van der Waals surface area contributed by atoms with E-state index in [1.165, 1.54) is 5.56 Å². The molecule has 23 heavy (non-hydrogen) atoms. The second-order valence-electron chi connectivity index (χ2n) is 7.53. The lowest BCUT2D eigenvalue weighted by atomic mass is 9.88. The third-order valence-electron chi connectivity index (χ3n) is 4.49. The van der Waals surface area contributed by atoms with Crippen molar-refractivity contribution in [3.63, 3.8) is 0 Å². The van der Waals surface area contributed by atoms with Gasteiger partial charge in [-0.1, -0.05) is 25.1 Å². The van der Waals surface area contributed by atoms with Crippen LogP contribution in [0.4, 0.5) is 0 Å². The lowest BCUT2D eigenvalue weighted by Crippen LogP contribution is -2.52. The molecule has 3 rings (SSSR count). The van der Waals surface area contributed by atoms with Gasteiger partial charge in [0.05, 0.1) is 19.3 Å². The second-order valence-corrected chi connectivity index (χ2v) is 7.53. The van der Waals surface area contributed by atoms with E-state index >= 15 is 0 Å². The SMILES string of the molecule is CN=C(NCC1(C)COC1)NC1CC(C)(C)Oc2ccccc21. The van der Waals surface area contributed by atoms with E-state index in [9.17, 15) is 0 Å². The number of nitrogens with one attached hydrogen (secondary N) is 2. The van der Waals surface area contributed by atoms with E-state index < -0.39 is 0 Å². The molecule has 2 aliphatic rings. The minimum Gasteiger partial charge on any atom is -0.487 e. The maximum atomic E-state index is 6.09. The molecule has 0 bridgehead atoms. The summed E-state index contributed by atoms with van der Waals surface area (Å²) in [4.78, 5) is 4.38. The van der Waals surface area contributed by atoms with Gasteiger partial charge in [-0.05, 0) is 19.9 Å². The number of rotatable bonds is 3. The summed E-state index contributed by atoms with van der Waals surface area (Å²) in [6.07, 6.45) is 0.894. The van der Waals surface area contributed by atoms with Crippen LogP contribution in [0.15, 0.2) is 29.3 Å². The Kier molecular flexibility index (Phi) is 4.23. The average molecular weight is 317 g/mol. The lowest BCUT2D eigenvalue weighted by Gasteiger charge is -2.40. The van der Waals surface area contributed by atoms with E-state index in [1.807, 2.05) is 19.2 Å². The number of nitrogens with zero attached hydrogens (tertiary/aromatic N) is 1. The van der Waals surface area contributed by atoms with Crippen molar-refractivity contribution in [3.05, 3.63) is 29.8 Å². The fourth-order valence-electron chi connectivity index (χ4n) is 3.14. The summed E-state index contributed by atoms with van der Waals surface area (Å²) in [7, 11) is 1.81. The molecule has 126 valence electrons. The zero-order valence-corrected chi connectivity index (χ0v) is 14.5. The van der Waals surface area contributed by atoms with Crippen LogP contribution >= 0.6 is 0 Å². The van der Waals surface area contributed by atoms with Crippen LogP contribution in [-0.2, 0) is 4.74 Å². The number of hydrogen-bond acceptors (Lipinski definition) is 3. The molecule has 1 unspecified atom stereocenters. The van der Waals surface area contributed by atoms with Crippen LogP contribution in [-0.4, -0.2) is 38.4 Å². The van der Waals surface area contributed by atoms with E-state index in [0.29, 0.717) is 0 Å². The highest BCUT2D eigenvalue weighted by Gasteiger charge is 2.35. The fourth-order valence-corrected chi connectivity index (χ4v) is 3.14. The van der Waals surface area contributed by atoms with Crippen LogP contribution < -0.4 is 15.4 Å². The summed E-state index contributed by atoms with van der Waals surface area (Å²) in [5.41, 5.74) is 1.20.